The molecule has 0 saturated heterocycles. The lowest BCUT2D eigenvalue weighted by molar-refractivity contribution is 0.838. The summed E-state index contributed by atoms with van der Waals surface area (Å²) in [6.07, 6.45) is 3.66. The molecule has 3 aromatic rings. The molecule has 2 heterocycles. The first-order chi connectivity index (χ1) is 15.1. The molecule has 2 aromatic heterocycles. The monoisotopic (exact) mass is 464 g/mol. The first-order valence-corrected chi connectivity index (χ1v) is 14.4. The zero-order valence-corrected chi connectivity index (χ0v) is 21.7. The van der Waals surface area contributed by atoms with E-state index in [0.717, 1.165) is 5.69 Å². The number of pyridine rings is 1. The maximum atomic E-state index is 13.4. The zero-order valence-electron chi connectivity index (χ0n) is 19.9. The van der Waals surface area contributed by atoms with Crippen LogP contribution in [-0.4, -0.2) is 28.9 Å². The van der Waals surface area contributed by atoms with Crippen LogP contribution in [0.3, 0.4) is 0 Å². The van der Waals surface area contributed by atoms with E-state index in [2.05, 4.69) is 63.0 Å². The standard InChI is InChI=1S/C25H32N4OSSi/c1-16(2)32(17(3)4,18(5)6)14-13-20-21-15-27-25(31-7)28-23(21)29(24(30)22(20)26)19-11-9-8-10-12-19/h8-12,15-18H,26H2,1-7H3. The van der Waals surface area contributed by atoms with Crippen molar-refractivity contribution in [1.82, 2.24) is 14.5 Å². The second kappa shape index (κ2) is 9.51. The number of nitrogens with two attached hydrogens (primary N) is 1. The fourth-order valence-electron chi connectivity index (χ4n) is 4.83. The Morgan fingerprint density at radius 3 is 2.16 bits per heavy atom. The summed E-state index contributed by atoms with van der Waals surface area (Å²) in [4.78, 5) is 22.6. The number of rotatable bonds is 5. The van der Waals surface area contributed by atoms with Crippen LogP contribution in [-0.2, 0) is 0 Å². The van der Waals surface area contributed by atoms with E-state index < -0.39 is 8.07 Å². The fraction of sp³-hybridized carbons (Fsp3) is 0.400. The van der Waals surface area contributed by atoms with Gasteiger partial charge in [0.2, 0.25) is 0 Å². The van der Waals surface area contributed by atoms with E-state index in [-0.39, 0.29) is 11.2 Å². The minimum absolute atomic E-state index is 0.147. The van der Waals surface area contributed by atoms with Crippen LogP contribution in [0.15, 0.2) is 46.5 Å². The van der Waals surface area contributed by atoms with Gasteiger partial charge in [0, 0.05) is 6.20 Å². The van der Waals surface area contributed by atoms with Crippen molar-refractivity contribution >= 4 is 36.6 Å². The number of thioether (sulfide) groups is 1. The van der Waals surface area contributed by atoms with Crippen LogP contribution in [0.25, 0.3) is 16.7 Å². The lowest BCUT2D eigenvalue weighted by atomic mass is 10.1. The van der Waals surface area contributed by atoms with Gasteiger partial charge in [-0.25, -0.2) is 9.97 Å². The van der Waals surface area contributed by atoms with E-state index >= 15 is 0 Å². The molecule has 0 bridgehead atoms. The highest BCUT2D eigenvalue weighted by Gasteiger charge is 2.41. The highest BCUT2D eigenvalue weighted by atomic mass is 32.2. The SMILES string of the molecule is CSc1ncc2c(C#C[Si](C(C)C)(C(C)C)C(C)C)c(N)c(=O)n(-c3ccccc3)c2n1. The van der Waals surface area contributed by atoms with Gasteiger partial charge in [0.1, 0.15) is 13.8 Å². The highest BCUT2D eigenvalue weighted by Crippen LogP contribution is 2.41. The van der Waals surface area contributed by atoms with Crippen molar-refractivity contribution < 1.29 is 0 Å². The number of hydrogen-bond donors (Lipinski definition) is 1. The second-order valence-electron chi connectivity index (χ2n) is 9.01. The van der Waals surface area contributed by atoms with Crippen molar-refractivity contribution in [2.24, 2.45) is 0 Å². The Morgan fingerprint density at radius 1 is 1.03 bits per heavy atom. The van der Waals surface area contributed by atoms with Gasteiger partial charge in [0.25, 0.3) is 5.56 Å². The van der Waals surface area contributed by atoms with Crippen molar-refractivity contribution in [2.45, 2.75) is 63.3 Å². The molecule has 1 aromatic carbocycles. The van der Waals surface area contributed by atoms with Crippen LogP contribution in [0.4, 0.5) is 5.69 Å². The van der Waals surface area contributed by atoms with Gasteiger partial charge < -0.3 is 5.73 Å². The molecular weight excluding hydrogens is 432 g/mol. The molecule has 0 fully saturated rings. The average molecular weight is 465 g/mol. The summed E-state index contributed by atoms with van der Waals surface area (Å²) in [5.74, 6) is 3.38. The smallest absolute Gasteiger partial charge is 0.281 e. The molecule has 0 radical (unpaired) electrons. The first kappa shape index (κ1) is 24.1. The Morgan fingerprint density at radius 2 is 1.62 bits per heavy atom. The maximum Gasteiger partial charge on any atom is 0.281 e. The van der Waals surface area contributed by atoms with Crippen LogP contribution in [0.1, 0.15) is 47.1 Å². The maximum absolute atomic E-state index is 13.4. The fourth-order valence-corrected chi connectivity index (χ4v) is 10.4. The number of para-hydroxylation sites is 1. The molecule has 5 nitrogen and oxygen atoms in total. The van der Waals surface area contributed by atoms with Gasteiger partial charge in [-0.3, -0.25) is 9.36 Å². The Balaban J connectivity index is 2.40. The third-order valence-corrected chi connectivity index (χ3v) is 13.2. The minimum Gasteiger partial charge on any atom is -0.393 e. The number of benzene rings is 1. The molecule has 0 atom stereocenters. The van der Waals surface area contributed by atoms with Crippen molar-refractivity contribution in [3.05, 3.63) is 52.4 Å². The number of nitrogens with zero attached hydrogens (tertiary/aromatic N) is 3. The molecule has 32 heavy (non-hydrogen) atoms. The van der Waals surface area contributed by atoms with Gasteiger partial charge in [-0.1, -0.05) is 77.4 Å². The normalized spacial score (nSPS) is 11.9. The summed E-state index contributed by atoms with van der Waals surface area (Å²) in [6, 6.07) is 9.45. The third kappa shape index (κ3) is 4.09. The predicted octanol–water partition coefficient (Wildman–Crippen LogP) is 5.65. The topological polar surface area (TPSA) is 73.8 Å². The second-order valence-corrected chi connectivity index (χ2v) is 15.4. The van der Waals surface area contributed by atoms with E-state index in [9.17, 15) is 4.79 Å². The summed E-state index contributed by atoms with van der Waals surface area (Å²) in [5, 5.41) is 1.30. The van der Waals surface area contributed by atoms with E-state index in [4.69, 9.17) is 5.73 Å². The van der Waals surface area contributed by atoms with Crippen molar-refractivity contribution in [3.63, 3.8) is 0 Å². The van der Waals surface area contributed by atoms with E-state index in [1.807, 2.05) is 36.6 Å². The molecule has 0 aliphatic rings. The molecule has 3 rings (SSSR count). The quantitative estimate of drug-likeness (QED) is 0.228. The Kier molecular flexibility index (Phi) is 7.16. The Labute approximate surface area is 195 Å². The summed E-state index contributed by atoms with van der Waals surface area (Å²) < 4.78 is 1.56. The molecular formula is C25H32N4OSSi. The van der Waals surface area contributed by atoms with Gasteiger partial charge in [-0.15, -0.1) is 5.54 Å². The van der Waals surface area contributed by atoms with Crippen molar-refractivity contribution in [1.29, 1.82) is 0 Å². The van der Waals surface area contributed by atoms with E-state index in [1.165, 1.54) is 11.8 Å². The van der Waals surface area contributed by atoms with E-state index in [1.54, 1.807) is 10.8 Å². The number of aromatic nitrogens is 3. The Bertz CT molecular complexity index is 1220. The molecule has 0 spiro atoms. The molecule has 0 aliphatic carbocycles. The van der Waals surface area contributed by atoms with Gasteiger partial charge in [0.05, 0.1) is 16.6 Å². The van der Waals surface area contributed by atoms with E-state index in [0.29, 0.717) is 38.4 Å². The van der Waals surface area contributed by atoms with Crippen LogP contribution >= 0.6 is 11.8 Å². The summed E-state index contributed by atoms with van der Waals surface area (Å²) >= 11 is 1.43. The van der Waals surface area contributed by atoms with Crippen LogP contribution in [0.2, 0.25) is 16.6 Å². The summed E-state index contributed by atoms with van der Waals surface area (Å²) in [5.41, 5.74) is 13.2. The van der Waals surface area contributed by atoms with Crippen LogP contribution < -0.4 is 11.3 Å². The van der Waals surface area contributed by atoms with Crippen molar-refractivity contribution in [3.8, 4) is 17.2 Å². The van der Waals surface area contributed by atoms with Gasteiger partial charge >= 0.3 is 0 Å². The number of fused-ring (bicyclic) bond motifs is 1. The molecule has 0 saturated carbocycles. The summed E-state index contributed by atoms with van der Waals surface area (Å²) in [7, 11) is -2.00. The number of anilines is 1. The molecule has 2 N–H and O–H groups in total. The average Bonchev–Trinajstić information content (AvgIpc) is 2.76. The van der Waals surface area contributed by atoms with Gasteiger partial charge in [0.15, 0.2) is 10.8 Å². The highest BCUT2D eigenvalue weighted by molar-refractivity contribution is 7.98. The first-order valence-electron chi connectivity index (χ1n) is 11.0. The third-order valence-electron chi connectivity index (χ3n) is 6.40. The molecule has 168 valence electrons. The zero-order chi connectivity index (χ0) is 23.6. The molecule has 0 amide bonds. The van der Waals surface area contributed by atoms with Crippen LogP contribution in [0, 0.1) is 11.5 Å². The predicted molar refractivity (Wildman–Crippen MR) is 139 cm³/mol. The lowest BCUT2D eigenvalue weighted by Crippen LogP contribution is -2.43. The minimum atomic E-state index is -2.00. The number of hydrogen-bond acceptors (Lipinski definition) is 5. The molecule has 0 unspecified atom stereocenters. The summed E-state index contributed by atoms with van der Waals surface area (Å²) in [6.45, 7) is 13.6. The Hall–Kier alpha value is -2.56. The van der Waals surface area contributed by atoms with Crippen LogP contribution in [0.5, 0.6) is 0 Å². The van der Waals surface area contributed by atoms with Crippen molar-refractivity contribution in [2.75, 3.05) is 12.0 Å². The molecule has 7 heteroatoms. The lowest BCUT2D eigenvalue weighted by Gasteiger charge is -2.38. The largest absolute Gasteiger partial charge is 0.393 e. The van der Waals surface area contributed by atoms with Gasteiger partial charge in [-0.2, -0.15) is 0 Å². The van der Waals surface area contributed by atoms with Gasteiger partial charge in [-0.05, 0) is 35.0 Å². The molecule has 0 aliphatic heterocycles. The number of nitrogen functional groups attached to an aromatic ring is 1.